The monoisotopic (exact) mass is 248 g/mol. The van der Waals surface area contributed by atoms with Crippen LogP contribution < -0.4 is 4.90 Å². The summed E-state index contributed by atoms with van der Waals surface area (Å²) < 4.78 is 5.18. The summed E-state index contributed by atoms with van der Waals surface area (Å²) in [6, 6.07) is 1.18. The van der Waals surface area contributed by atoms with E-state index in [1.54, 1.807) is 4.90 Å². The number of ether oxygens (including phenoxy) is 1. The Morgan fingerprint density at radius 1 is 1.61 bits per heavy atom. The number of carboxylic acid groups (broad SMARTS) is 1. The molecular formula is C11H12N4O3. The fourth-order valence-corrected chi connectivity index (χ4v) is 2.06. The van der Waals surface area contributed by atoms with Crippen LogP contribution in [0.3, 0.4) is 0 Å². The van der Waals surface area contributed by atoms with Crippen molar-refractivity contribution in [1.82, 2.24) is 9.97 Å². The molecule has 1 aliphatic heterocycles. The molecule has 0 spiro atoms. The molecule has 2 atom stereocenters. The molecule has 2 heterocycles. The van der Waals surface area contributed by atoms with Crippen LogP contribution in [0.5, 0.6) is 0 Å². The Kier molecular flexibility index (Phi) is 3.39. The summed E-state index contributed by atoms with van der Waals surface area (Å²) in [5.41, 5.74) is 0.125. The van der Waals surface area contributed by atoms with Crippen LogP contribution in [0.25, 0.3) is 0 Å². The summed E-state index contributed by atoms with van der Waals surface area (Å²) >= 11 is 0. The standard InChI is InChI=1S/C11H12N4O3/c1-18-7-4-9(11(16)17)15(6-7)10-8(5-12)13-2-3-14-10/h2-3,7,9H,4,6H2,1H3,(H,16,17). The summed E-state index contributed by atoms with van der Waals surface area (Å²) in [6.45, 7) is 0.390. The van der Waals surface area contributed by atoms with Crippen LogP contribution in [0.15, 0.2) is 12.4 Å². The summed E-state index contributed by atoms with van der Waals surface area (Å²) in [5, 5.41) is 18.2. The van der Waals surface area contributed by atoms with E-state index in [1.165, 1.54) is 19.5 Å². The normalized spacial score (nSPS) is 22.8. The summed E-state index contributed by atoms with van der Waals surface area (Å²) in [6.07, 6.45) is 3.03. The van der Waals surface area contributed by atoms with Crippen LogP contribution >= 0.6 is 0 Å². The van der Waals surface area contributed by atoms with E-state index in [0.29, 0.717) is 18.8 Å². The first-order valence-electron chi connectivity index (χ1n) is 5.40. The van der Waals surface area contributed by atoms with Gasteiger partial charge in [0.1, 0.15) is 12.1 Å². The van der Waals surface area contributed by atoms with Gasteiger partial charge in [0.05, 0.1) is 6.10 Å². The second kappa shape index (κ2) is 4.98. The zero-order valence-corrected chi connectivity index (χ0v) is 9.78. The number of rotatable bonds is 3. The molecule has 1 aliphatic rings. The van der Waals surface area contributed by atoms with Gasteiger partial charge in [0.25, 0.3) is 0 Å². The van der Waals surface area contributed by atoms with E-state index >= 15 is 0 Å². The van der Waals surface area contributed by atoms with E-state index in [2.05, 4.69) is 9.97 Å². The van der Waals surface area contributed by atoms with Crippen LogP contribution in [0.4, 0.5) is 5.82 Å². The second-order valence-electron chi connectivity index (χ2n) is 3.94. The highest BCUT2D eigenvalue weighted by atomic mass is 16.5. The van der Waals surface area contributed by atoms with Gasteiger partial charge in [-0.1, -0.05) is 0 Å². The molecule has 0 aliphatic carbocycles. The third kappa shape index (κ3) is 2.10. The van der Waals surface area contributed by atoms with Crippen molar-refractivity contribution >= 4 is 11.8 Å². The molecule has 1 aromatic heterocycles. The van der Waals surface area contributed by atoms with Crippen LogP contribution in [0.2, 0.25) is 0 Å². The Labute approximate surface area is 104 Å². The number of carbonyl (C=O) groups is 1. The Morgan fingerprint density at radius 2 is 2.33 bits per heavy atom. The lowest BCUT2D eigenvalue weighted by atomic mass is 10.2. The highest BCUT2D eigenvalue weighted by Crippen LogP contribution is 2.27. The fourth-order valence-electron chi connectivity index (χ4n) is 2.06. The molecule has 0 saturated carbocycles. The molecule has 2 unspecified atom stereocenters. The maximum absolute atomic E-state index is 11.2. The average Bonchev–Trinajstić information content (AvgIpc) is 2.83. The van der Waals surface area contributed by atoms with Crippen molar-refractivity contribution in [2.24, 2.45) is 0 Å². The van der Waals surface area contributed by atoms with Crippen molar-refractivity contribution in [2.45, 2.75) is 18.6 Å². The minimum atomic E-state index is -0.955. The highest BCUT2D eigenvalue weighted by Gasteiger charge is 2.38. The highest BCUT2D eigenvalue weighted by molar-refractivity contribution is 5.79. The van der Waals surface area contributed by atoms with E-state index in [0.717, 1.165) is 0 Å². The van der Waals surface area contributed by atoms with Gasteiger partial charge >= 0.3 is 5.97 Å². The summed E-state index contributed by atoms with van der Waals surface area (Å²) in [7, 11) is 1.54. The third-order valence-electron chi connectivity index (χ3n) is 2.94. The zero-order valence-electron chi connectivity index (χ0n) is 9.78. The van der Waals surface area contributed by atoms with Gasteiger partial charge < -0.3 is 14.7 Å². The molecule has 0 aromatic carbocycles. The Morgan fingerprint density at radius 3 is 2.94 bits per heavy atom. The van der Waals surface area contributed by atoms with Gasteiger partial charge in [-0.25, -0.2) is 14.8 Å². The molecule has 0 amide bonds. The maximum Gasteiger partial charge on any atom is 0.326 e. The molecular weight excluding hydrogens is 236 g/mol. The molecule has 7 heteroatoms. The van der Waals surface area contributed by atoms with Crippen LogP contribution in [0.1, 0.15) is 12.1 Å². The fraction of sp³-hybridized carbons (Fsp3) is 0.455. The Bertz CT molecular complexity index is 499. The largest absolute Gasteiger partial charge is 0.480 e. The number of nitriles is 1. The van der Waals surface area contributed by atoms with E-state index in [1.807, 2.05) is 6.07 Å². The molecule has 2 rings (SSSR count). The van der Waals surface area contributed by atoms with E-state index in [4.69, 9.17) is 10.00 Å². The number of carboxylic acids is 1. The predicted molar refractivity (Wildman–Crippen MR) is 60.9 cm³/mol. The maximum atomic E-state index is 11.2. The number of aliphatic carboxylic acids is 1. The van der Waals surface area contributed by atoms with Crippen molar-refractivity contribution in [3.8, 4) is 6.07 Å². The van der Waals surface area contributed by atoms with E-state index in [-0.39, 0.29) is 11.8 Å². The van der Waals surface area contributed by atoms with E-state index in [9.17, 15) is 9.90 Å². The van der Waals surface area contributed by atoms with Crippen molar-refractivity contribution < 1.29 is 14.6 Å². The van der Waals surface area contributed by atoms with Gasteiger partial charge in [0.15, 0.2) is 11.5 Å². The van der Waals surface area contributed by atoms with Crippen molar-refractivity contribution in [3.05, 3.63) is 18.1 Å². The smallest absolute Gasteiger partial charge is 0.326 e. The first-order valence-corrected chi connectivity index (χ1v) is 5.40. The molecule has 0 bridgehead atoms. The number of methoxy groups -OCH3 is 1. The van der Waals surface area contributed by atoms with Gasteiger partial charge in [-0.3, -0.25) is 0 Å². The van der Waals surface area contributed by atoms with Crippen molar-refractivity contribution in [1.29, 1.82) is 5.26 Å². The van der Waals surface area contributed by atoms with Crippen LogP contribution in [-0.4, -0.2) is 46.8 Å². The van der Waals surface area contributed by atoms with Gasteiger partial charge in [-0.05, 0) is 0 Å². The lowest BCUT2D eigenvalue weighted by Gasteiger charge is -2.22. The lowest BCUT2D eigenvalue weighted by Crippen LogP contribution is -2.37. The SMILES string of the molecule is COC1CC(C(=O)O)N(c2nccnc2C#N)C1. The molecule has 7 nitrogen and oxygen atoms in total. The minimum Gasteiger partial charge on any atom is -0.480 e. The molecule has 1 saturated heterocycles. The number of anilines is 1. The molecule has 0 radical (unpaired) electrons. The molecule has 94 valence electrons. The van der Waals surface area contributed by atoms with Gasteiger partial charge in [-0.2, -0.15) is 5.26 Å². The number of hydrogen-bond acceptors (Lipinski definition) is 6. The second-order valence-corrected chi connectivity index (χ2v) is 3.94. The third-order valence-corrected chi connectivity index (χ3v) is 2.94. The Balaban J connectivity index is 2.36. The first kappa shape index (κ1) is 12.3. The predicted octanol–water partition coefficient (Wildman–Crippen LogP) is 0.0266. The van der Waals surface area contributed by atoms with Gasteiger partial charge in [-0.15, -0.1) is 0 Å². The molecule has 1 fully saturated rings. The first-order chi connectivity index (χ1) is 8.67. The topological polar surface area (TPSA) is 99.3 Å². The number of aromatic nitrogens is 2. The molecule has 1 aromatic rings. The Hall–Kier alpha value is -2.20. The van der Waals surface area contributed by atoms with Crippen molar-refractivity contribution in [2.75, 3.05) is 18.6 Å². The molecule has 18 heavy (non-hydrogen) atoms. The summed E-state index contributed by atoms with van der Waals surface area (Å²) in [5.74, 6) is -0.656. The van der Waals surface area contributed by atoms with Crippen LogP contribution in [0, 0.1) is 11.3 Å². The zero-order chi connectivity index (χ0) is 13.1. The lowest BCUT2D eigenvalue weighted by molar-refractivity contribution is -0.138. The number of hydrogen-bond donors (Lipinski definition) is 1. The van der Waals surface area contributed by atoms with Crippen LogP contribution in [-0.2, 0) is 9.53 Å². The van der Waals surface area contributed by atoms with Crippen molar-refractivity contribution in [3.63, 3.8) is 0 Å². The molecule has 1 N–H and O–H groups in total. The quantitative estimate of drug-likeness (QED) is 0.805. The van der Waals surface area contributed by atoms with Gasteiger partial charge in [0, 0.05) is 32.5 Å². The number of nitrogens with zero attached hydrogens (tertiary/aromatic N) is 4. The average molecular weight is 248 g/mol. The van der Waals surface area contributed by atoms with Gasteiger partial charge in [0.2, 0.25) is 0 Å². The summed E-state index contributed by atoms with van der Waals surface area (Å²) in [4.78, 5) is 20.7. The minimum absolute atomic E-state index is 0.125. The van der Waals surface area contributed by atoms with E-state index < -0.39 is 12.0 Å².